The van der Waals surface area contributed by atoms with Crippen LogP contribution in [0.3, 0.4) is 0 Å². The first-order valence-electron chi connectivity index (χ1n) is 5.77. The van der Waals surface area contributed by atoms with E-state index in [4.69, 9.17) is 14.6 Å². The largest absolute Gasteiger partial charge is 0.395 e. The maximum Gasteiger partial charge on any atom is 0.237 e. The van der Waals surface area contributed by atoms with Crippen LogP contribution in [0.15, 0.2) is 0 Å². The highest BCUT2D eigenvalue weighted by Crippen LogP contribution is 1.98. The molecule has 6 heteroatoms. The number of methoxy groups -OCH3 is 2. The molecule has 0 radical (unpaired) electrons. The van der Waals surface area contributed by atoms with Gasteiger partial charge in [0.1, 0.15) is 0 Å². The van der Waals surface area contributed by atoms with Crippen molar-refractivity contribution in [1.82, 2.24) is 10.2 Å². The van der Waals surface area contributed by atoms with Crippen LogP contribution in [0.1, 0.15) is 6.92 Å². The normalized spacial score (nSPS) is 12.8. The second-order valence-electron chi connectivity index (χ2n) is 3.71. The topological polar surface area (TPSA) is 71.0 Å². The van der Waals surface area contributed by atoms with Gasteiger partial charge in [-0.25, -0.2) is 0 Å². The second-order valence-corrected chi connectivity index (χ2v) is 3.71. The summed E-state index contributed by atoms with van der Waals surface area (Å²) in [5.74, 6) is -0.0633. The number of aliphatic hydroxyl groups excluding tert-OH is 1. The summed E-state index contributed by atoms with van der Waals surface area (Å²) in [4.78, 5) is 13.6. The number of ether oxygens (including phenoxy) is 2. The Morgan fingerprint density at radius 3 is 2.47 bits per heavy atom. The van der Waals surface area contributed by atoms with Crippen LogP contribution < -0.4 is 5.32 Å². The first-order valence-corrected chi connectivity index (χ1v) is 5.77. The molecule has 0 bridgehead atoms. The predicted octanol–water partition coefficient (Wildman–Crippen LogP) is -0.922. The Bertz CT molecular complexity index is 202. The molecule has 0 aliphatic rings. The van der Waals surface area contributed by atoms with Crippen LogP contribution in [0.2, 0.25) is 0 Å². The number of hydrogen-bond acceptors (Lipinski definition) is 5. The molecule has 1 amide bonds. The van der Waals surface area contributed by atoms with Crippen LogP contribution in [0.25, 0.3) is 0 Å². The van der Waals surface area contributed by atoms with Gasteiger partial charge >= 0.3 is 0 Å². The molecule has 0 aromatic carbocycles. The zero-order valence-corrected chi connectivity index (χ0v) is 10.9. The average molecular weight is 248 g/mol. The lowest BCUT2D eigenvalue weighted by Crippen LogP contribution is -2.48. The van der Waals surface area contributed by atoms with Crippen molar-refractivity contribution in [3.8, 4) is 0 Å². The van der Waals surface area contributed by atoms with Gasteiger partial charge in [0.25, 0.3) is 0 Å². The molecule has 1 atom stereocenters. The molecule has 1 unspecified atom stereocenters. The molecule has 0 aliphatic heterocycles. The highest BCUT2D eigenvalue weighted by atomic mass is 16.5. The van der Waals surface area contributed by atoms with E-state index in [1.54, 1.807) is 14.2 Å². The van der Waals surface area contributed by atoms with E-state index in [-0.39, 0.29) is 18.6 Å². The lowest BCUT2D eigenvalue weighted by molar-refractivity contribution is -0.126. The molecule has 0 heterocycles. The Kier molecular flexibility index (Phi) is 10.0. The van der Waals surface area contributed by atoms with Gasteiger partial charge in [-0.15, -0.1) is 0 Å². The van der Waals surface area contributed by atoms with Gasteiger partial charge < -0.3 is 19.9 Å². The van der Waals surface area contributed by atoms with Crippen molar-refractivity contribution in [2.75, 3.05) is 53.7 Å². The van der Waals surface area contributed by atoms with Crippen molar-refractivity contribution in [1.29, 1.82) is 0 Å². The summed E-state index contributed by atoms with van der Waals surface area (Å²) in [6.07, 6.45) is 0. The predicted molar refractivity (Wildman–Crippen MR) is 64.9 cm³/mol. The smallest absolute Gasteiger partial charge is 0.237 e. The van der Waals surface area contributed by atoms with Gasteiger partial charge in [-0.3, -0.25) is 9.69 Å². The van der Waals surface area contributed by atoms with Crippen molar-refractivity contribution in [2.24, 2.45) is 0 Å². The van der Waals surface area contributed by atoms with E-state index in [0.29, 0.717) is 32.8 Å². The van der Waals surface area contributed by atoms with Crippen molar-refractivity contribution in [3.05, 3.63) is 0 Å². The third-order valence-electron chi connectivity index (χ3n) is 2.50. The van der Waals surface area contributed by atoms with E-state index in [0.717, 1.165) is 0 Å². The minimum absolute atomic E-state index is 0.0272. The molecule has 0 aromatic heterocycles. The Hall–Kier alpha value is -0.690. The van der Waals surface area contributed by atoms with E-state index in [2.05, 4.69) is 5.32 Å². The van der Waals surface area contributed by atoms with Crippen LogP contribution in [-0.2, 0) is 14.3 Å². The van der Waals surface area contributed by atoms with Crippen LogP contribution in [-0.4, -0.2) is 75.6 Å². The molecule has 0 aliphatic carbocycles. The number of aliphatic hydroxyl groups is 1. The molecule has 0 saturated carbocycles. The fourth-order valence-corrected chi connectivity index (χ4v) is 1.43. The fraction of sp³-hybridized carbons (Fsp3) is 0.909. The van der Waals surface area contributed by atoms with Gasteiger partial charge in [0.05, 0.1) is 25.9 Å². The third-order valence-corrected chi connectivity index (χ3v) is 2.50. The molecule has 0 fully saturated rings. The van der Waals surface area contributed by atoms with Crippen molar-refractivity contribution >= 4 is 5.91 Å². The monoisotopic (exact) mass is 248 g/mol. The first-order chi connectivity index (χ1) is 8.17. The summed E-state index contributed by atoms with van der Waals surface area (Å²) in [6, 6.07) is -0.283. The van der Waals surface area contributed by atoms with Gasteiger partial charge in [0.15, 0.2) is 0 Å². The SMILES string of the molecule is COCCNC(=O)C(C)N(CCO)CCOC. The summed E-state index contributed by atoms with van der Waals surface area (Å²) in [7, 11) is 3.20. The molecule has 102 valence electrons. The summed E-state index contributed by atoms with van der Waals surface area (Å²) in [5.41, 5.74) is 0. The lowest BCUT2D eigenvalue weighted by Gasteiger charge is -2.27. The van der Waals surface area contributed by atoms with E-state index in [1.807, 2.05) is 11.8 Å². The number of hydrogen-bond donors (Lipinski definition) is 2. The second kappa shape index (κ2) is 10.5. The number of carbonyl (C=O) groups excluding carboxylic acids is 1. The Balaban J connectivity index is 4.08. The molecule has 6 nitrogen and oxygen atoms in total. The van der Waals surface area contributed by atoms with E-state index in [1.165, 1.54) is 0 Å². The minimum atomic E-state index is -0.283. The molecule has 0 aromatic rings. The van der Waals surface area contributed by atoms with Crippen molar-refractivity contribution < 1.29 is 19.4 Å². The van der Waals surface area contributed by atoms with Crippen LogP contribution >= 0.6 is 0 Å². The molecule has 0 spiro atoms. The van der Waals surface area contributed by atoms with Crippen molar-refractivity contribution in [2.45, 2.75) is 13.0 Å². The van der Waals surface area contributed by atoms with Crippen LogP contribution in [0.5, 0.6) is 0 Å². The Labute approximate surface area is 103 Å². The van der Waals surface area contributed by atoms with Gasteiger partial charge in [-0.05, 0) is 6.92 Å². The summed E-state index contributed by atoms with van der Waals surface area (Å²) < 4.78 is 9.83. The number of rotatable bonds is 10. The number of carbonyl (C=O) groups is 1. The standard InChI is InChI=1S/C11H24N2O4/c1-10(11(15)12-4-8-16-2)13(5-7-14)6-9-17-3/h10,14H,4-9H2,1-3H3,(H,12,15). The molecule has 0 rings (SSSR count). The maximum atomic E-state index is 11.8. The molecule has 0 saturated heterocycles. The first kappa shape index (κ1) is 16.3. The summed E-state index contributed by atoms with van der Waals surface area (Å²) in [6.45, 7) is 4.45. The number of nitrogens with one attached hydrogen (secondary N) is 1. The Morgan fingerprint density at radius 2 is 1.94 bits per heavy atom. The molecule has 2 N–H and O–H groups in total. The van der Waals surface area contributed by atoms with Gasteiger partial charge in [0, 0.05) is 33.9 Å². The minimum Gasteiger partial charge on any atom is -0.395 e. The molecular weight excluding hydrogens is 224 g/mol. The van der Waals surface area contributed by atoms with Crippen LogP contribution in [0.4, 0.5) is 0 Å². The lowest BCUT2D eigenvalue weighted by atomic mass is 10.2. The molecular formula is C11H24N2O4. The highest BCUT2D eigenvalue weighted by Gasteiger charge is 2.19. The average Bonchev–Trinajstić information content (AvgIpc) is 2.33. The third kappa shape index (κ3) is 7.27. The van der Waals surface area contributed by atoms with Crippen molar-refractivity contribution in [3.63, 3.8) is 0 Å². The van der Waals surface area contributed by atoms with E-state index < -0.39 is 0 Å². The van der Waals surface area contributed by atoms with E-state index in [9.17, 15) is 4.79 Å². The zero-order chi connectivity index (χ0) is 13.1. The zero-order valence-electron chi connectivity index (χ0n) is 10.9. The van der Waals surface area contributed by atoms with E-state index >= 15 is 0 Å². The van der Waals surface area contributed by atoms with Gasteiger partial charge in [-0.1, -0.05) is 0 Å². The summed E-state index contributed by atoms with van der Waals surface area (Å²) >= 11 is 0. The quantitative estimate of drug-likeness (QED) is 0.489. The number of nitrogens with zero attached hydrogens (tertiary/aromatic N) is 1. The number of amides is 1. The van der Waals surface area contributed by atoms with Gasteiger partial charge in [0.2, 0.25) is 5.91 Å². The summed E-state index contributed by atoms with van der Waals surface area (Å²) in [5, 5.41) is 11.7. The maximum absolute atomic E-state index is 11.8. The Morgan fingerprint density at radius 1 is 1.29 bits per heavy atom. The molecule has 17 heavy (non-hydrogen) atoms. The van der Waals surface area contributed by atoms with Crippen LogP contribution in [0, 0.1) is 0 Å². The fourth-order valence-electron chi connectivity index (χ4n) is 1.43. The highest BCUT2D eigenvalue weighted by molar-refractivity contribution is 5.81. The van der Waals surface area contributed by atoms with Gasteiger partial charge in [-0.2, -0.15) is 0 Å².